The van der Waals surface area contributed by atoms with Gasteiger partial charge in [-0.25, -0.2) is 4.98 Å². The molecule has 3 aromatic heterocycles. The Morgan fingerprint density at radius 3 is 2.70 bits per heavy atom. The van der Waals surface area contributed by atoms with Crippen molar-refractivity contribution < 1.29 is 4.79 Å². The van der Waals surface area contributed by atoms with E-state index in [1.165, 1.54) is 16.0 Å². The maximum Gasteiger partial charge on any atom is 0.197 e. The van der Waals surface area contributed by atoms with Crippen molar-refractivity contribution in [2.24, 2.45) is 7.05 Å². The largest absolute Gasteiger partial charge is 0.330 e. The fourth-order valence-electron chi connectivity index (χ4n) is 3.42. The minimum Gasteiger partial charge on any atom is -0.330 e. The van der Waals surface area contributed by atoms with Gasteiger partial charge in [-0.2, -0.15) is 5.26 Å². The zero-order valence-electron chi connectivity index (χ0n) is 14.3. The third-order valence-electron chi connectivity index (χ3n) is 4.76. The van der Waals surface area contributed by atoms with Crippen molar-refractivity contribution >= 4 is 59.0 Å². The zero-order valence-corrected chi connectivity index (χ0v) is 16.0. The van der Waals surface area contributed by atoms with Crippen LogP contribution >= 0.6 is 22.7 Å². The van der Waals surface area contributed by atoms with Gasteiger partial charge in [0.2, 0.25) is 0 Å². The molecule has 0 spiro atoms. The van der Waals surface area contributed by atoms with Gasteiger partial charge >= 0.3 is 0 Å². The predicted octanol–water partition coefficient (Wildman–Crippen LogP) is 5.49. The lowest BCUT2D eigenvalue weighted by Crippen LogP contribution is -2.14. The molecule has 0 bridgehead atoms. The molecule has 0 aliphatic heterocycles. The van der Waals surface area contributed by atoms with E-state index in [1.54, 1.807) is 11.3 Å². The second-order valence-corrected chi connectivity index (χ2v) is 8.48. The van der Waals surface area contributed by atoms with E-state index in [9.17, 15) is 10.1 Å². The lowest BCUT2D eigenvalue weighted by molar-refractivity contribution is 0.0979. The Morgan fingerprint density at radius 1 is 1.11 bits per heavy atom. The van der Waals surface area contributed by atoms with Crippen molar-refractivity contribution in [3.8, 4) is 6.07 Å². The number of imidazole rings is 1. The van der Waals surface area contributed by atoms with Crippen molar-refractivity contribution in [1.29, 1.82) is 5.26 Å². The van der Waals surface area contributed by atoms with Crippen LogP contribution in [-0.4, -0.2) is 15.3 Å². The summed E-state index contributed by atoms with van der Waals surface area (Å²) in [5, 5.41) is 10.9. The third-order valence-corrected chi connectivity index (χ3v) is 7.19. The lowest BCUT2D eigenvalue weighted by atomic mass is 10.0. The summed E-state index contributed by atoms with van der Waals surface area (Å²) < 4.78 is 5.25. The SMILES string of the molecule is Cn1c(C(C#N)C(=O)c2cc3sc4ccccc4c3s2)nc2ccccc21. The Morgan fingerprint density at radius 2 is 1.89 bits per heavy atom. The topological polar surface area (TPSA) is 58.7 Å². The van der Waals surface area contributed by atoms with Gasteiger partial charge in [0.05, 0.1) is 26.7 Å². The summed E-state index contributed by atoms with van der Waals surface area (Å²) in [5.74, 6) is -0.611. The number of para-hydroxylation sites is 2. The molecule has 3 heterocycles. The molecular formula is C21H13N3OS2. The molecule has 5 aromatic rings. The van der Waals surface area contributed by atoms with Crippen LogP contribution in [0.5, 0.6) is 0 Å². The van der Waals surface area contributed by atoms with Gasteiger partial charge in [0.1, 0.15) is 5.82 Å². The first-order valence-electron chi connectivity index (χ1n) is 8.43. The number of hydrogen-bond acceptors (Lipinski definition) is 5. The standard InChI is InChI=1S/C21H13N3OS2/c1-24-15-8-4-3-7-14(15)23-21(24)13(11-22)19(25)17-10-18-20(27-17)12-6-2-5-9-16(12)26-18/h2-10,13H,1H3. The van der Waals surface area contributed by atoms with Crippen LogP contribution in [0.4, 0.5) is 0 Å². The minimum absolute atomic E-state index is 0.187. The third kappa shape index (κ3) is 2.40. The molecule has 27 heavy (non-hydrogen) atoms. The monoisotopic (exact) mass is 387 g/mol. The number of carbonyl (C=O) groups excluding carboxylic acids is 1. The van der Waals surface area contributed by atoms with Crippen LogP contribution in [0.15, 0.2) is 54.6 Å². The first-order valence-corrected chi connectivity index (χ1v) is 10.1. The molecule has 5 rings (SSSR count). The quantitative estimate of drug-likeness (QED) is 0.385. The van der Waals surface area contributed by atoms with Crippen molar-refractivity contribution in [1.82, 2.24) is 9.55 Å². The van der Waals surface area contributed by atoms with Gasteiger partial charge in [-0.15, -0.1) is 22.7 Å². The van der Waals surface area contributed by atoms with Gasteiger partial charge in [0.15, 0.2) is 11.7 Å². The molecule has 0 radical (unpaired) electrons. The Kier molecular flexibility index (Phi) is 3.61. The molecule has 0 aliphatic rings. The minimum atomic E-state index is -0.915. The zero-order chi connectivity index (χ0) is 18.5. The summed E-state index contributed by atoms with van der Waals surface area (Å²) >= 11 is 3.14. The summed E-state index contributed by atoms with van der Waals surface area (Å²) in [5.41, 5.74) is 1.71. The van der Waals surface area contributed by atoms with E-state index >= 15 is 0 Å². The number of rotatable bonds is 3. The van der Waals surface area contributed by atoms with Gasteiger partial charge in [0.25, 0.3) is 0 Å². The molecule has 2 aromatic carbocycles. The summed E-state index contributed by atoms with van der Waals surface area (Å²) in [6.45, 7) is 0. The summed E-state index contributed by atoms with van der Waals surface area (Å²) in [7, 11) is 1.85. The number of ketones is 1. The van der Waals surface area contributed by atoms with Crippen LogP contribution in [0.2, 0.25) is 0 Å². The highest BCUT2D eigenvalue weighted by Crippen LogP contribution is 2.40. The summed E-state index contributed by atoms with van der Waals surface area (Å²) in [6, 6.07) is 19.9. The summed E-state index contributed by atoms with van der Waals surface area (Å²) in [4.78, 5) is 18.3. The smallest absolute Gasteiger partial charge is 0.197 e. The van der Waals surface area contributed by atoms with Gasteiger partial charge < -0.3 is 4.57 Å². The van der Waals surface area contributed by atoms with Crippen molar-refractivity contribution in [2.45, 2.75) is 5.92 Å². The highest BCUT2D eigenvalue weighted by molar-refractivity contribution is 7.33. The molecule has 0 fully saturated rings. The number of aryl methyl sites for hydroxylation is 1. The molecule has 0 N–H and O–H groups in total. The second-order valence-electron chi connectivity index (χ2n) is 6.35. The molecule has 0 amide bonds. The van der Waals surface area contributed by atoms with E-state index in [0.29, 0.717) is 10.7 Å². The molecule has 130 valence electrons. The van der Waals surface area contributed by atoms with Gasteiger partial charge in [-0.05, 0) is 24.3 Å². The fraction of sp³-hybridized carbons (Fsp3) is 0.0952. The fourth-order valence-corrected chi connectivity index (χ4v) is 5.91. The van der Waals surface area contributed by atoms with Gasteiger partial charge in [0, 0.05) is 21.8 Å². The maximum absolute atomic E-state index is 13.1. The van der Waals surface area contributed by atoms with Gasteiger partial charge in [-0.3, -0.25) is 4.79 Å². The highest BCUT2D eigenvalue weighted by Gasteiger charge is 2.28. The Labute approximate surface area is 162 Å². The van der Waals surface area contributed by atoms with Crippen LogP contribution in [0.25, 0.3) is 30.5 Å². The Hall–Kier alpha value is -3.01. The molecule has 1 atom stereocenters. The number of fused-ring (bicyclic) bond motifs is 4. The number of benzene rings is 2. The molecule has 0 saturated carbocycles. The van der Waals surface area contributed by atoms with E-state index in [0.717, 1.165) is 25.8 Å². The van der Waals surface area contributed by atoms with Gasteiger partial charge in [-0.1, -0.05) is 30.3 Å². The second kappa shape index (κ2) is 6.02. The normalized spacial score (nSPS) is 12.6. The van der Waals surface area contributed by atoms with E-state index in [2.05, 4.69) is 23.2 Å². The highest BCUT2D eigenvalue weighted by atomic mass is 32.1. The van der Waals surface area contributed by atoms with E-state index < -0.39 is 5.92 Å². The lowest BCUT2D eigenvalue weighted by Gasteiger charge is -2.07. The number of thiophene rings is 2. The van der Waals surface area contributed by atoms with Crippen LogP contribution in [-0.2, 0) is 7.05 Å². The average molecular weight is 387 g/mol. The summed E-state index contributed by atoms with van der Waals surface area (Å²) in [6.07, 6.45) is 0. The van der Waals surface area contributed by atoms with E-state index in [1.807, 2.05) is 54.1 Å². The first-order chi connectivity index (χ1) is 13.2. The average Bonchev–Trinajstić information content (AvgIpc) is 3.34. The Bertz CT molecular complexity index is 1380. The van der Waals surface area contributed by atoms with Crippen LogP contribution in [0.3, 0.4) is 0 Å². The maximum atomic E-state index is 13.1. The molecule has 0 aliphatic carbocycles. The molecule has 0 saturated heterocycles. The first kappa shape index (κ1) is 16.2. The molecule has 1 unspecified atom stereocenters. The molecular weight excluding hydrogens is 374 g/mol. The number of hydrogen-bond donors (Lipinski definition) is 0. The number of aromatic nitrogens is 2. The van der Waals surface area contributed by atoms with E-state index in [4.69, 9.17) is 0 Å². The van der Waals surface area contributed by atoms with Crippen molar-refractivity contribution in [2.75, 3.05) is 0 Å². The Balaban J connectivity index is 1.61. The van der Waals surface area contributed by atoms with Crippen LogP contribution < -0.4 is 0 Å². The molecule has 6 heteroatoms. The number of nitriles is 1. The predicted molar refractivity (Wildman–Crippen MR) is 111 cm³/mol. The number of nitrogens with zero attached hydrogens (tertiary/aromatic N) is 3. The number of carbonyl (C=O) groups is 1. The van der Waals surface area contributed by atoms with Crippen LogP contribution in [0.1, 0.15) is 21.4 Å². The van der Waals surface area contributed by atoms with Crippen LogP contribution in [0, 0.1) is 11.3 Å². The van der Waals surface area contributed by atoms with Crippen molar-refractivity contribution in [3.63, 3.8) is 0 Å². The van der Waals surface area contributed by atoms with Crippen molar-refractivity contribution in [3.05, 3.63) is 65.3 Å². The van der Waals surface area contributed by atoms with E-state index in [-0.39, 0.29) is 5.78 Å². The number of Topliss-reactive ketones (excluding diaryl/α,β-unsaturated/α-hetero) is 1. The molecule has 4 nitrogen and oxygen atoms in total.